The fourth-order valence-corrected chi connectivity index (χ4v) is 3.69. The fourth-order valence-electron chi connectivity index (χ4n) is 2.34. The molecule has 2 aromatic rings. The van der Waals surface area contributed by atoms with Crippen LogP contribution in [-0.2, 0) is 14.8 Å². The second-order valence-electron chi connectivity index (χ2n) is 5.74. The highest BCUT2D eigenvalue weighted by atomic mass is 35.5. The molecule has 0 saturated heterocycles. The van der Waals surface area contributed by atoms with Gasteiger partial charge in [-0.2, -0.15) is 0 Å². The van der Waals surface area contributed by atoms with E-state index in [4.69, 9.17) is 23.2 Å². The first kappa shape index (κ1) is 20.5. The molecule has 1 N–H and O–H groups in total. The molecule has 2 rings (SSSR count). The Morgan fingerprint density at radius 2 is 1.69 bits per heavy atom. The Hall–Kier alpha value is -1.83. The minimum atomic E-state index is -3.75. The van der Waals surface area contributed by atoms with Crippen molar-refractivity contribution in [3.8, 4) is 0 Å². The third-order valence-corrected chi connectivity index (χ3v) is 5.15. The van der Waals surface area contributed by atoms with E-state index < -0.39 is 28.5 Å². The van der Waals surface area contributed by atoms with Gasteiger partial charge in [0.25, 0.3) is 0 Å². The van der Waals surface area contributed by atoms with E-state index in [1.807, 2.05) is 0 Å². The standard InChI is InChI=1S/C17H17Cl2FN2O3S/c1-11(12-3-5-15(20)6-4-12)21-17(23)10-22(26(2,24)25)16-8-13(18)7-14(19)9-16/h3-9,11H,10H2,1-2H3,(H,21,23)/t11-/m0/s1. The van der Waals surface area contributed by atoms with Crippen LogP contribution in [0.2, 0.25) is 10.0 Å². The van der Waals surface area contributed by atoms with E-state index in [2.05, 4.69) is 5.32 Å². The van der Waals surface area contributed by atoms with Gasteiger partial charge in [0.05, 0.1) is 18.0 Å². The molecule has 1 atom stereocenters. The van der Waals surface area contributed by atoms with E-state index in [1.54, 1.807) is 19.1 Å². The van der Waals surface area contributed by atoms with Crippen LogP contribution >= 0.6 is 23.2 Å². The van der Waals surface area contributed by atoms with E-state index in [-0.39, 0.29) is 21.5 Å². The molecule has 0 aliphatic heterocycles. The maximum Gasteiger partial charge on any atom is 0.241 e. The number of amides is 1. The number of halogens is 3. The predicted octanol–water partition coefficient (Wildman–Crippen LogP) is 3.78. The van der Waals surface area contributed by atoms with Crippen LogP contribution in [0, 0.1) is 5.82 Å². The highest BCUT2D eigenvalue weighted by Gasteiger charge is 2.22. The number of carbonyl (C=O) groups excluding carboxylic acids is 1. The number of hydrogen-bond donors (Lipinski definition) is 1. The Kier molecular flexibility index (Phi) is 6.49. The third-order valence-electron chi connectivity index (χ3n) is 3.57. The number of carbonyl (C=O) groups is 1. The van der Waals surface area contributed by atoms with Gasteiger partial charge in [-0.3, -0.25) is 9.10 Å². The van der Waals surface area contributed by atoms with Crippen molar-refractivity contribution in [1.82, 2.24) is 5.32 Å². The molecule has 9 heteroatoms. The Morgan fingerprint density at radius 3 is 2.19 bits per heavy atom. The van der Waals surface area contributed by atoms with Crippen LogP contribution in [-0.4, -0.2) is 27.1 Å². The summed E-state index contributed by atoms with van der Waals surface area (Å²) in [6.07, 6.45) is 0.985. The average Bonchev–Trinajstić information content (AvgIpc) is 2.51. The van der Waals surface area contributed by atoms with E-state index >= 15 is 0 Å². The zero-order valence-electron chi connectivity index (χ0n) is 14.0. The van der Waals surface area contributed by atoms with Crippen molar-refractivity contribution in [2.24, 2.45) is 0 Å². The number of hydrogen-bond acceptors (Lipinski definition) is 3. The van der Waals surface area contributed by atoms with Gasteiger partial charge in [-0.15, -0.1) is 0 Å². The number of sulfonamides is 1. The lowest BCUT2D eigenvalue weighted by molar-refractivity contribution is -0.120. The molecule has 0 aliphatic carbocycles. The first-order valence-electron chi connectivity index (χ1n) is 7.55. The van der Waals surface area contributed by atoms with Crippen LogP contribution in [0.3, 0.4) is 0 Å². The van der Waals surface area contributed by atoms with Crippen molar-refractivity contribution >= 4 is 44.8 Å². The van der Waals surface area contributed by atoms with Crippen molar-refractivity contribution in [2.45, 2.75) is 13.0 Å². The fraction of sp³-hybridized carbons (Fsp3) is 0.235. The minimum Gasteiger partial charge on any atom is -0.348 e. The molecule has 1 amide bonds. The first-order chi connectivity index (χ1) is 12.1. The normalized spacial score (nSPS) is 12.5. The maximum atomic E-state index is 13.0. The largest absolute Gasteiger partial charge is 0.348 e. The molecule has 5 nitrogen and oxygen atoms in total. The first-order valence-corrected chi connectivity index (χ1v) is 10.2. The summed E-state index contributed by atoms with van der Waals surface area (Å²) in [5.74, 6) is -0.906. The molecule has 0 bridgehead atoms. The molecular weight excluding hydrogens is 402 g/mol. The van der Waals surface area contributed by atoms with E-state index in [0.717, 1.165) is 10.6 Å². The summed E-state index contributed by atoms with van der Waals surface area (Å²) in [6, 6.07) is 9.52. The summed E-state index contributed by atoms with van der Waals surface area (Å²) < 4.78 is 38.1. The Morgan fingerprint density at radius 1 is 1.15 bits per heavy atom. The van der Waals surface area contributed by atoms with Crippen molar-refractivity contribution in [3.63, 3.8) is 0 Å². The Balaban J connectivity index is 2.18. The lowest BCUT2D eigenvalue weighted by atomic mass is 10.1. The zero-order chi connectivity index (χ0) is 19.5. The van der Waals surface area contributed by atoms with Crippen LogP contribution in [0.1, 0.15) is 18.5 Å². The van der Waals surface area contributed by atoms with Crippen LogP contribution < -0.4 is 9.62 Å². The molecular formula is C17H17Cl2FN2O3S. The lowest BCUT2D eigenvalue weighted by Crippen LogP contribution is -2.41. The molecule has 0 heterocycles. The quantitative estimate of drug-likeness (QED) is 0.775. The number of anilines is 1. The molecule has 0 fully saturated rings. The van der Waals surface area contributed by atoms with Gasteiger partial charge in [0.15, 0.2) is 0 Å². The minimum absolute atomic E-state index is 0.189. The molecule has 2 aromatic carbocycles. The summed E-state index contributed by atoms with van der Waals surface area (Å²) in [6.45, 7) is 1.27. The van der Waals surface area contributed by atoms with Crippen molar-refractivity contribution < 1.29 is 17.6 Å². The monoisotopic (exact) mass is 418 g/mol. The Labute approximate surface area is 161 Å². The van der Waals surface area contributed by atoms with Gasteiger partial charge in [-0.1, -0.05) is 35.3 Å². The molecule has 0 aromatic heterocycles. The van der Waals surface area contributed by atoms with Crippen LogP contribution in [0.15, 0.2) is 42.5 Å². The van der Waals surface area contributed by atoms with Crippen LogP contribution in [0.5, 0.6) is 0 Å². The van der Waals surface area contributed by atoms with Crippen molar-refractivity contribution in [2.75, 3.05) is 17.1 Å². The molecule has 140 valence electrons. The number of nitrogens with zero attached hydrogens (tertiary/aromatic N) is 1. The molecule has 0 spiro atoms. The Bertz CT molecular complexity index is 884. The second-order valence-corrected chi connectivity index (χ2v) is 8.52. The number of benzene rings is 2. The molecule has 0 unspecified atom stereocenters. The van der Waals surface area contributed by atoms with Gasteiger partial charge in [0.1, 0.15) is 12.4 Å². The number of nitrogens with one attached hydrogen (secondary N) is 1. The summed E-state index contributed by atoms with van der Waals surface area (Å²) in [5, 5.41) is 3.19. The number of rotatable bonds is 6. The van der Waals surface area contributed by atoms with Crippen LogP contribution in [0.25, 0.3) is 0 Å². The van der Waals surface area contributed by atoms with E-state index in [9.17, 15) is 17.6 Å². The highest BCUT2D eigenvalue weighted by Crippen LogP contribution is 2.27. The zero-order valence-corrected chi connectivity index (χ0v) is 16.4. The summed E-state index contributed by atoms with van der Waals surface area (Å²) in [5.41, 5.74) is 0.881. The second kappa shape index (κ2) is 8.24. The van der Waals surface area contributed by atoms with Gasteiger partial charge >= 0.3 is 0 Å². The third kappa shape index (κ3) is 5.59. The van der Waals surface area contributed by atoms with Gasteiger partial charge in [-0.25, -0.2) is 12.8 Å². The van der Waals surface area contributed by atoms with Crippen LogP contribution in [0.4, 0.5) is 10.1 Å². The van der Waals surface area contributed by atoms with Crippen molar-refractivity contribution in [3.05, 3.63) is 63.9 Å². The molecule has 0 aliphatic rings. The van der Waals surface area contributed by atoms with Crippen molar-refractivity contribution in [1.29, 1.82) is 0 Å². The topological polar surface area (TPSA) is 66.5 Å². The average molecular weight is 419 g/mol. The maximum absolute atomic E-state index is 13.0. The van der Waals surface area contributed by atoms with Gasteiger partial charge in [0.2, 0.25) is 15.9 Å². The molecule has 0 radical (unpaired) electrons. The summed E-state index contributed by atoms with van der Waals surface area (Å²) >= 11 is 11.8. The summed E-state index contributed by atoms with van der Waals surface area (Å²) in [4.78, 5) is 12.3. The lowest BCUT2D eigenvalue weighted by Gasteiger charge is -2.23. The smallest absolute Gasteiger partial charge is 0.241 e. The van der Waals surface area contributed by atoms with Gasteiger partial charge in [-0.05, 0) is 42.8 Å². The predicted molar refractivity (Wildman–Crippen MR) is 102 cm³/mol. The molecule has 0 saturated carbocycles. The van der Waals surface area contributed by atoms with Gasteiger partial charge < -0.3 is 5.32 Å². The molecule has 26 heavy (non-hydrogen) atoms. The highest BCUT2D eigenvalue weighted by molar-refractivity contribution is 7.92. The van der Waals surface area contributed by atoms with E-state index in [0.29, 0.717) is 5.56 Å². The summed E-state index contributed by atoms with van der Waals surface area (Å²) in [7, 11) is -3.75. The SMILES string of the molecule is C[C@H](NC(=O)CN(c1cc(Cl)cc(Cl)c1)S(C)(=O)=O)c1ccc(F)cc1. The van der Waals surface area contributed by atoms with E-state index in [1.165, 1.54) is 30.3 Å². The van der Waals surface area contributed by atoms with Gasteiger partial charge in [0, 0.05) is 10.0 Å².